The fraction of sp³-hybridized carbons (Fsp3) is 0.263. The van der Waals surface area contributed by atoms with Crippen molar-refractivity contribution in [2.45, 2.75) is 32.6 Å². The Kier molecular flexibility index (Phi) is 3.73. The van der Waals surface area contributed by atoms with Crippen molar-refractivity contribution in [3.05, 3.63) is 63.6 Å². The van der Waals surface area contributed by atoms with Crippen LogP contribution in [0.2, 0.25) is 0 Å². The molecule has 0 atom stereocenters. The number of hydrogen-bond acceptors (Lipinski definition) is 3. The summed E-state index contributed by atoms with van der Waals surface area (Å²) in [5.74, 6) is 0.565. The molecular weight excluding hydrogens is 318 g/mol. The van der Waals surface area contributed by atoms with Crippen molar-refractivity contribution >= 4 is 22.9 Å². The highest BCUT2D eigenvalue weighted by atomic mass is 32.1. The molecule has 0 radical (unpaired) electrons. The fourth-order valence-electron chi connectivity index (χ4n) is 3.01. The first-order chi connectivity index (χ1) is 11.6. The molecule has 1 aliphatic carbocycles. The molecule has 122 valence electrons. The predicted octanol–water partition coefficient (Wildman–Crippen LogP) is 4.68. The molecule has 1 amide bonds. The Morgan fingerprint density at radius 1 is 1.25 bits per heavy atom. The van der Waals surface area contributed by atoms with Gasteiger partial charge in [-0.25, -0.2) is 4.68 Å². The van der Waals surface area contributed by atoms with Crippen molar-refractivity contribution in [3.8, 4) is 5.69 Å². The number of carbonyl (C=O) groups is 1. The maximum atomic E-state index is 12.6. The second-order valence-electron chi connectivity index (χ2n) is 6.32. The summed E-state index contributed by atoms with van der Waals surface area (Å²) in [5, 5.41) is 9.55. The summed E-state index contributed by atoms with van der Waals surface area (Å²) in [6.07, 6.45) is 2.40. The van der Waals surface area contributed by atoms with Gasteiger partial charge in [-0.15, -0.1) is 11.3 Å². The van der Waals surface area contributed by atoms with Crippen molar-refractivity contribution in [1.29, 1.82) is 0 Å². The highest BCUT2D eigenvalue weighted by molar-refractivity contribution is 7.12. The monoisotopic (exact) mass is 337 g/mol. The summed E-state index contributed by atoms with van der Waals surface area (Å²) in [5.41, 5.74) is 5.00. The van der Waals surface area contributed by atoms with Gasteiger partial charge < -0.3 is 5.32 Å². The summed E-state index contributed by atoms with van der Waals surface area (Å²) in [6, 6.07) is 11.9. The summed E-state index contributed by atoms with van der Waals surface area (Å²) >= 11 is 1.52. The quantitative estimate of drug-likeness (QED) is 0.751. The van der Waals surface area contributed by atoms with E-state index in [0.717, 1.165) is 27.6 Å². The minimum absolute atomic E-state index is 0.0163. The number of anilines is 1. The number of nitrogens with zero attached hydrogens (tertiary/aromatic N) is 2. The fourth-order valence-corrected chi connectivity index (χ4v) is 3.89. The molecular formula is C19H19N3OS. The van der Waals surface area contributed by atoms with Crippen LogP contribution in [0.3, 0.4) is 0 Å². The van der Waals surface area contributed by atoms with Crippen LogP contribution in [0.1, 0.15) is 45.4 Å². The maximum absolute atomic E-state index is 12.6. The Bertz CT molecular complexity index is 905. The van der Waals surface area contributed by atoms with Crippen LogP contribution < -0.4 is 5.32 Å². The predicted molar refractivity (Wildman–Crippen MR) is 97.3 cm³/mol. The molecule has 1 aromatic carbocycles. The first-order valence-electron chi connectivity index (χ1n) is 8.14. The molecule has 0 saturated heterocycles. The zero-order chi connectivity index (χ0) is 16.7. The molecule has 0 spiro atoms. The normalized spacial score (nSPS) is 13.9. The first kappa shape index (κ1) is 15.1. The van der Waals surface area contributed by atoms with Crippen LogP contribution in [-0.4, -0.2) is 15.7 Å². The Hall–Kier alpha value is -2.40. The second kappa shape index (κ2) is 5.91. The van der Waals surface area contributed by atoms with E-state index < -0.39 is 0 Å². The second-order valence-corrected chi connectivity index (χ2v) is 7.24. The molecule has 3 aromatic rings. The number of rotatable bonds is 4. The van der Waals surface area contributed by atoms with Crippen LogP contribution in [0.25, 0.3) is 5.69 Å². The van der Waals surface area contributed by atoms with Gasteiger partial charge in [0.2, 0.25) is 0 Å². The molecule has 4 nitrogen and oxygen atoms in total. The molecule has 4 rings (SSSR count). The van der Waals surface area contributed by atoms with E-state index in [9.17, 15) is 4.79 Å². The van der Waals surface area contributed by atoms with Crippen molar-refractivity contribution in [3.63, 3.8) is 0 Å². The average molecular weight is 337 g/mol. The average Bonchev–Trinajstić information content (AvgIpc) is 3.18. The highest BCUT2D eigenvalue weighted by Gasteiger charge is 2.28. The Morgan fingerprint density at radius 3 is 2.79 bits per heavy atom. The van der Waals surface area contributed by atoms with Crippen molar-refractivity contribution < 1.29 is 4.79 Å². The molecule has 2 aromatic heterocycles. The number of hydrogen-bond donors (Lipinski definition) is 1. The maximum Gasteiger partial charge on any atom is 0.266 e. The summed E-state index contributed by atoms with van der Waals surface area (Å²) in [7, 11) is 0. The van der Waals surface area contributed by atoms with Crippen LogP contribution in [0.4, 0.5) is 5.69 Å². The molecule has 0 aliphatic heterocycles. The van der Waals surface area contributed by atoms with Crippen LogP contribution in [-0.2, 0) is 0 Å². The number of nitrogens with one attached hydrogen (secondary N) is 1. The molecule has 24 heavy (non-hydrogen) atoms. The number of amides is 1. The van der Waals surface area contributed by atoms with E-state index >= 15 is 0 Å². The summed E-state index contributed by atoms with van der Waals surface area (Å²) in [6.45, 7) is 4.00. The van der Waals surface area contributed by atoms with Crippen molar-refractivity contribution in [1.82, 2.24) is 9.78 Å². The third kappa shape index (κ3) is 2.87. The van der Waals surface area contributed by atoms with Crippen LogP contribution >= 0.6 is 11.3 Å². The molecule has 2 heterocycles. The lowest BCUT2D eigenvalue weighted by atomic mass is 10.1. The third-order valence-electron chi connectivity index (χ3n) is 4.28. The largest absolute Gasteiger partial charge is 0.321 e. The van der Waals surface area contributed by atoms with Crippen LogP contribution in [0.15, 0.2) is 41.8 Å². The Balaban J connectivity index is 1.59. The molecule has 5 heteroatoms. The molecule has 0 bridgehead atoms. The van der Waals surface area contributed by atoms with Gasteiger partial charge in [0.1, 0.15) is 0 Å². The smallest absolute Gasteiger partial charge is 0.266 e. The van der Waals surface area contributed by atoms with E-state index in [1.165, 1.54) is 29.7 Å². The lowest BCUT2D eigenvalue weighted by molar-refractivity contribution is 0.102. The van der Waals surface area contributed by atoms with Gasteiger partial charge in [0.05, 0.1) is 16.3 Å². The van der Waals surface area contributed by atoms with Crippen molar-refractivity contribution in [2.75, 3.05) is 5.32 Å². The van der Waals surface area contributed by atoms with Gasteiger partial charge in [-0.05, 0) is 73.9 Å². The van der Waals surface area contributed by atoms with Gasteiger partial charge in [-0.2, -0.15) is 5.10 Å². The van der Waals surface area contributed by atoms with Gasteiger partial charge >= 0.3 is 0 Å². The number of aromatic nitrogens is 2. The van der Waals surface area contributed by atoms with E-state index in [0.29, 0.717) is 5.92 Å². The Labute approximate surface area is 145 Å². The topological polar surface area (TPSA) is 46.9 Å². The van der Waals surface area contributed by atoms with E-state index in [1.807, 2.05) is 54.2 Å². The SMILES string of the molecule is Cc1cc(C)n(-c2cccc(NC(=O)c3sccc3C3CC3)c2)n1. The van der Waals surface area contributed by atoms with Gasteiger partial charge in [0.25, 0.3) is 5.91 Å². The molecule has 1 fully saturated rings. The third-order valence-corrected chi connectivity index (χ3v) is 5.21. The summed E-state index contributed by atoms with van der Waals surface area (Å²) < 4.78 is 1.89. The first-order valence-corrected chi connectivity index (χ1v) is 9.02. The van der Waals surface area contributed by atoms with Gasteiger partial charge in [-0.1, -0.05) is 6.07 Å². The van der Waals surface area contributed by atoms with Gasteiger partial charge in [0.15, 0.2) is 0 Å². The van der Waals surface area contributed by atoms with Crippen molar-refractivity contribution in [2.24, 2.45) is 0 Å². The van der Waals surface area contributed by atoms with Crippen LogP contribution in [0.5, 0.6) is 0 Å². The lowest BCUT2D eigenvalue weighted by Crippen LogP contribution is -2.12. The van der Waals surface area contributed by atoms with E-state index in [1.54, 1.807) is 0 Å². The summed E-state index contributed by atoms with van der Waals surface area (Å²) in [4.78, 5) is 13.5. The number of benzene rings is 1. The molecule has 0 unspecified atom stereocenters. The van der Waals surface area contributed by atoms with Gasteiger partial charge in [0, 0.05) is 11.4 Å². The van der Waals surface area contributed by atoms with Gasteiger partial charge in [-0.3, -0.25) is 4.79 Å². The van der Waals surface area contributed by atoms with E-state index in [4.69, 9.17) is 0 Å². The minimum atomic E-state index is -0.0163. The zero-order valence-electron chi connectivity index (χ0n) is 13.7. The lowest BCUT2D eigenvalue weighted by Gasteiger charge is -2.09. The number of thiophene rings is 1. The number of carbonyl (C=O) groups excluding carboxylic acids is 1. The zero-order valence-corrected chi connectivity index (χ0v) is 14.6. The van der Waals surface area contributed by atoms with Crippen LogP contribution in [0, 0.1) is 13.8 Å². The molecule has 1 N–H and O–H groups in total. The Morgan fingerprint density at radius 2 is 2.08 bits per heavy atom. The number of aryl methyl sites for hydroxylation is 2. The van der Waals surface area contributed by atoms with E-state index in [2.05, 4.69) is 16.5 Å². The van der Waals surface area contributed by atoms with E-state index in [-0.39, 0.29) is 5.91 Å². The minimum Gasteiger partial charge on any atom is -0.321 e. The molecule has 1 aliphatic rings. The standard InChI is InChI=1S/C19H19N3OS/c1-12-10-13(2)22(21-12)16-5-3-4-15(11-16)20-19(23)18-17(8-9-24-18)14-6-7-14/h3-5,8-11,14H,6-7H2,1-2H3,(H,20,23). The highest BCUT2D eigenvalue weighted by Crippen LogP contribution is 2.43. The molecule has 1 saturated carbocycles.